The number of hydrogen-bond donors (Lipinski definition) is 2. The van der Waals surface area contributed by atoms with Crippen molar-refractivity contribution >= 4 is 5.84 Å². The largest absolute Gasteiger partial charge is 0.384 e. The van der Waals surface area contributed by atoms with Gasteiger partial charge < -0.3 is 5.73 Å². The predicted octanol–water partition coefficient (Wildman–Crippen LogP) is 2.73. The van der Waals surface area contributed by atoms with Gasteiger partial charge in [0.1, 0.15) is 11.7 Å². The summed E-state index contributed by atoms with van der Waals surface area (Å²) < 4.78 is 13.5. The summed E-state index contributed by atoms with van der Waals surface area (Å²) in [7, 11) is 0. The summed E-state index contributed by atoms with van der Waals surface area (Å²) in [5.41, 5.74) is 6.80. The van der Waals surface area contributed by atoms with E-state index in [1.807, 2.05) is 6.07 Å². The summed E-state index contributed by atoms with van der Waals surface area (Å²) in [6.45, 7) is 5.13. The lowest BCUT2D eigenvalue weighted by Crippen LogP contribution is -2.33. The molecule has 0 amide bonds. The van der Waals surface area contributed by atoms with Crippen molar-refractivity contribution in [2.75, 3.05) is 13.1 Å². The van der Waals surface area contributed by atoms with Crippen LogP contribution < -0.4 is 5.73 Å². The fourth-order valence-electron chi connectivity index (χ4n) is 2.71. The predicted molar refractivity (Wildman–Crippen MR) is 75.7 cm³/mol. The Hall–Kier alpha value is -1.42. The molecule has 3 N–H and O–H groups in total. The third kappa shape index (κ3) is 3.77. The van der Waals surface area contributed by atoms with E-state index in [4.69, 9.17) is 11.1 Å². The molecule has 1 fully saturated rings. The van der Waals surface area contributed by atoms with E-state index in [0.29, 0.717) is 5.56 Å². The monoisotopic (exact) mass is 263 g/mol. The van der Waals surface area contributed by atoms with Crippen LogP contribution in [0.1, 0.15) is 37.3 Å². The molecule has 3 nitrogen and oxygen atoms in total. The number of nitrogens with zero attached hydrogens (tertiary/aromatic N) is 1. The second-order valence-electron chi connectivity index (χ2n) is 5.39. The summed E-state index contributed by atoms with van der Waals surface area (Å²) in [5, 5.41) is 7.40. The molecule has 19 heavy (non-hydrogen) atoms. The molecular formula is C15H22FN3. The number of hydrogen-bond acceptors (Lipinski definition) is 2. The highest BCUT2D eigenvalue weighted by molar-refractivity contribution is 5.95. The molecule has 0 radical (unpaired) electrons. The van der Waals surface area contributed by atoms with Crippen molar-refractivity contribution < 1.29 is 4.39 Å². The Morgan fingerprint density at radius 2 is 2.05 bits per heavy atom. The molecule has 1 aromatic rings. The highest BCUT2D eigenvalue weighted by Crippen LogP contribution is 2.21. The first-order valence-corrected chi connectivity index (χ1v) is 6.94. The van der Waals surface area contributed by atoms with Gasteiger partial charge in [-0.25, -0.2) is 4.39 Å². The molecule has 2 rings (SSSR count). The maximum atomic E-state index is 13.5. The zero-order chi connectivity index (χ0) is 13.8. The maximum Gasteiger partial charge on any atom is 0.124 e. The number of nitrogens with two attached hydrogens (primary N) is 1. The number of benzene rings is 1. The number of piperidine rings is 1. The summed E-state index contributed by atoms with van der Waals surface area (Å²) in [5.74, 6) is 0.452. The van der Waals surface area contributed by atoms with Crippen LogP contribution in [0.4, 0.5) is 4.39 Å². The SMILES string of the molecule is CCC1CCN(Cc2cc(F)cc(C(=N)N)c2)CC1. The third-order valence-electron chi connectivity index (χ3n) is 3.96. The van der Waals surface area contributed by atoms with Crippen LogP contribution in [0.5, 0.6) is 0 Å². The smallest absolute Gasteiger partial charge is 0.124 e. The normalized spacial score (nSPS) is 17.6. The van der Waals surface area contributed by atoms with E-state index in [9.17, 15) is 4.39 Å². The van der Waals surface area contributed by atoms with Gasteiger partial charge in [-0.2, -0.15) is 0 Å². The molecule has 0 atom stereocenters. The van der Waals surface area contributed by atoms with E-state index >= 15 is 0 Å². The molecule has 0 aliphatic carbocycles. The number of halogens is 1. The minimum absolute atomic E-state index is 0.0783. The van der Waals surface area contributed by atoms with Gasteiger partial charge in [0.05, 0.1) is 0 Å². The number of nitrogens with one attached hydrogen (secondary N) is 1. The molecule has 0 aromatic heterocycles. The average Bonchev–Trinajstić information content (AvgIpc) is 2.39. The second-order valence-corrected chi connectivity index (χ2v) is 5.39. The van der Waals surface area contributed by atoms with Crippen molar-refractivity contribution in [2.45, 2.75) is 32.7 Å². The van der Waals surface area contributed by atoms with Gasteiger partial charge in [-0.15, -0.1) is 0 Å². The van der Waals surface area contributed by atoms with Gasteiger partial charge in [-0.3, -0.25) is 10.3 Å². The lowest BCUT2D eigenvalue weighted by Gasteiger charge is -2.31. The Balaban J connectivity index is 2.01. The minimum Gasteiger partial charge on any atom is -0.384 e. The average molecular weight is 263 g/mol. The number of rotatable bonds is 4. The minimum atomic E-state index is -0.314. The summed E-state index contributed by atoms with van der Waals surface area (Å²) in [6.07, 6.45) is 3.71. The molecular weight excluding hydrogens is 241 g/mol. The van der Waals surface area contributed by atoms with Gasteiger partial charge in [-0.05, 0) is 55.6 Å². The van der Waals surface area contributed by atoms with E-state index in [1.165, 1.54) is 25.3 Å². The molecule has 104 valence electrons. The Morgan fingerprint density at radius 3 is 2.63 bits per heavy atom. The van der Waals surface area contributed by atoms with E-state index in [0.717, 1.165) is 31.1 Å². The Morgan fingerprint density at radius 1 is 1.37 bits per heavy atom. The molecule has 0 bridgehead atoms. The van der Waals surface area contributed by atoms with Crippen LogP contribution >= 0.6 is 0 Å². The first-order valence-electron chi connectivity index (χ1n) is 6.94. The highest BCUT2D eigenvalue weighted by atomic mass is 19.1. The topological polar surface area (TPSA) is 53.1 Å². The van der Waals surface area contributed by atoms with E-state index in [1.54, 1.807) is 6.07 Å². The van der Waals surface area contributed by atoms with Gasteiger partial charge in [0, 0.05) is 12.1 Å². The van der Waals surface area contributed by atoms with Crippen molar-refractivity contribution in [3.63, 3.8) is 0 Å². The fraction of sp³-hybridized carbons (Fsp3) is 0.533. The van der Waals surface area contributed by atoms with Gasteiger partial charge in [-0.1, -0.05) is 13.3 Å². The first kappa shape index (κ1) is 14.0. The van der Waals surface area contributed by atoms with E-state index < -0.39 is 0 Å². The number of nitrogen functional groups attached to an aromatic ring is 1. The van der Waals surface area contributed by atoms with Crippen LogP contribution in [0.3, 0.4) is 0 Å². The van der Waals surface area contributed by atoms with Crippen LogP contribution in [0.2, 0.25) is 0 Å². The summed E-state index contributed by atoms with van der Waals surface area (Å²) in [4.78, 5) is 2.35. The van der Waals surface area contributed by atoms with Crippen LogP contribution in [0.15, 0.2) is 18.2 Å². The molecule has 1 aliphatic heterocycles. The zero-order valence-corrected chi connectivity index (χ0v) is 11.5. The number of likely N-dealkylation sites (tertiary alicyclic amines) is 1. The summed E-state index contributed by atoms with van der Waals surface area (Å²) >= 11 is 0. The lowest BCUT2D eigenvalue weighted by molar-refractivity contribution is 0.175. The van der Waals surface area contributed by atoms with E-state index in [2.05, 4.69) is 11.8 Å². The van der Waals surface area contributed by atoms with Crippen molar-refractivity contribution in [3.8, 4) is 0 Å². The molecule has 1 aliphatic rings. The molecule has 1 saturated heterocycles. The van der Waals surface area contributed by atoms with Crippen molar-refractivity contribution in [2.24, 2.45) is 11.7 Å². The van der Waals surface area contributed by atoms with Crippen molar-refractivity contribution in [1.82, 2.24) is 4.90 Å². The third-order valence-corrected chi connectivity index (χ3v) is 3.96. The molecule has 1 heterocycles. The van der Waals surface area contributed by atoms with Crippen molar-refractivity contribution in [3.05, 3.63) is 35.1 Å². The van der Waals surface area contributed by atoms with E-state index in [-0.39, 0.29) is 11.7 Å². The fourth-order valence-corrected chi connectivity index (χ4v) is 2.71. The summed E-state index contributed by atoms with van der Waals surface area (Å²) in [6, 6.07) is 4.67. The van der Waals surface area contributed by atoms with Crippen LogP contribution in [-0.4, -0.2) is 23.8 Å². The Bertz CT molecular complexity index is 451. The maximum absolute atomic E-state index is 13.5. The highest BCUT2D eigenvalue weighted by Gasteiger charge is 2.18. The van der Waals surface area contributed by atoms with Gasteiger partial charge in [0.15, 0.2) is 0 Å². The quantitative estimate of drug-likeness (QED) is 0.648. The van der Waals surface area contributed by atoms with Crippen LogP contribution in [0.25, 0.3) is 0 Å². The second kappa shape index (κ2) is 6.15. The number of amidine groups is 1. The molecule has 0 saturated carbocycles. The molecule has 4 heteroatoms. The van der Waals surface area contributed by atoms with Crippen LogP contribution in [-0.2, 0) is 6.54 Å². The lowest BCUT2D eigenvalue weighted by atomic mass is 9.94. The van der Waals surface area contributed by atoms with Crippen molar-refractivity contribution in [1.29, 1.82) is 5.41 Å². The standard InChI is InChI=1S/C15H22FN3/c1-2-11-3-5-19(6-4-11)10-12-7-13(15(17)18)9-14(16)8-12/h7-9,11H,2-6,10H2,1H3,(H3,17,18). The first-order chi connectivity index (χ1) is 9.08. The van der Waals surface area contributed by atoms with Crippen LogP contribution in [0, 0.1) is 17.1 Å². The Kier molecular flexibility index (Phi) is 4.53. The van der Waals surface area contributed by atoms with Gasteiger partial charge in [0.2, 0.25) is 0 Å². The molecule has 0 spiro atoms. The van der Waals surface area contributed by atoms with Gasteiger partial charge >= 0.3 is 0 Å². The van der Waals surface area contributed by atoms with Gasteiger partial charge in [0.25, 0.3) is 0 Å². The molecule has 1 aromatic carbocycles. The zero-order valence-electron chi connectivity index (χ0n) is 11.5. The molecule has 0 unspecified atom stereocenters. The Labute approximate surface area is 114 Å².